The maximum absolute atomic E-state index is 12.6. The van der Waals surface area contributed by atoms with E-state index in [0.29, 0.717) is 6.42 Å². The first kappa shape index (κ1) is 18.1. The molecule has 0 radical (unpaired) electrons. The Kier molecular flexibility index (Phi) is 5.96. The standard InChI is InChI=1S/C20H20N2O3S/c23-19(13-26)22-18(20(24)25-12-14-6-2-1-3-7-14)10-15-11-21-17-9-5-4-8-16(15)17/h1-9,11,18,21,26H,10,12-13H2,(H,22,23). The van der Waals surface area contributed by atoms with E-state index in [0.717, 1.165) is 22.0 Å². The van der Waals surface area contributed by atoms with Gasteiger partial charge in [-0.25, -0.2) is 4.79 Å². The fourth-order valence-corrected chi connectivity index (χ4v) is 2.87. The zero-order valence-electron chi connectivity index (χ0n) is 14.1. The van der Waals surface area contributed by atoms with E-state index in [1.807, 2.05) is 60.8 Å². The molecule has 3 rings (SSSR count). The predicted molar refractivity (Wildman–Crippen MR) is 104 cm³/mol. The van der Waals surface area contributed by atoms with E-state index in [1.54, 1.807) is 0 Å². The molecule has 2 N–H and O–H groups in total. The molecule has 0 saturated carbocycles. The number of nitrogens with one attached hydrogen (secondary N) is 2. The second-order valence-corrected chi connectivity index (χ2v) is 6.25. The third-order valence-electron chi connectivity index (χ3n) is 4.09. The average Bonchev–Trinajstić information content (AvgIpc) is 3.09. The van der Waals surface area contributed by atoms with Gasteiger partial charge in [-0.3, -0.25) is 4.79 Å². The number of H-pyrrole nitrogens is 1. The Morgan fingerprint density at radius 3 is 2.58 bits per heavy atom. The first-order chi connectivity index (χ1) is 12.7. The lowest BCUT2D eigenvalue weighted by Crippen LogP contribution is -2.43. The SMILES string of the molecule is O=C(CS)NC(Cc1c[nH]c2ccccc12)C(=O)OCc1ccccc1. The normalized spacial score (nSPS) is 11.9. The van der Waals surface area contributed by atoms with Crippen LogP contribution in [0.3, 0.4) is 0 Å². The third kappa shape index (κ3) is 4.46. The molecule has 1 unspecified atom stereocenters. The van der Waals surface area contributed by atoms with Gasteiger partial charge in [0.15, 0.2) is 0 Å². The third-order valence-corrected chi connectivity index (χ3v) is 4.37. The molecule has 0 saturated heterocycles. The number of ether oxygens (including phenoxy) is 1. The van der Waals surface area contributed by atoms with Crippen molar-refractivity contribution >= 4 is 35.4 Å². The van der Waals surface area contributed by atoms with E-state index >= 15 is 0 Å². The van der Waals surface area contributed by atoms with Crippen LogP contribution in [-0.2, 0) is 27.4 Å². The van der Waals surface area contributed by atoms with Crippen molar-refractivity contribution in [3.05, 3.63) is 71.9 Å². The van der Waals surface area contributed by atoms with Crippen LogP contribution in [0.4, 0.5) is 0 Å². The fourth-order valence-electron chi connectivity index (χ4n) is 2.78. The highest BCUT2D eigenvalue weighted by Gasteiger charge is 2.23. The number of carbonyl (C=O) groups excluding carboxylic acids is 2. The van der Waals surface area contributed by atoms with E-state index in [-0.39, 0.29) is 18.3 Å². The summed E-state index contributed by atoms with van der Waals surface area (Å²) in [5.74, 6) is -0.764. The largest absolute Gasteiger partial charge is 0.459 e. The number of aromatic amines is 1. The van der Waals surface area contributed by atoms with Crippen molar-refractivity contribution in [1.82, 2.24) is 10.3 Å². The molecular formula is C20H20N2O3S. The molecule has 0 fully saturated rings. The molecule has 1 atom stereocenters. The fraction of sp³-hybridized carbons (Fsp3) is 0.200. The van der Waals surface area contributed by atoms with Crippen molar-refractivity contribution in [2.45, 2.75) is 19.1 Å². The minimum absolute atomic E-state index is 0.0103. The molecule has 1 amide bonds. The summed E-state index contributed by atoms with van der Waals surface area (Å²) in [6.45, 7) is 0.167. The number of esters is 1. The molecule has 134 valence electrons. The van der Waals surface area contributed by atoms with Crippen LogP contribution in [0.25, 0.3) is 10.9 Å². The van der Waals surface area contributed by atoms with Crippen LogP contribution >= 0.6 is 12.6 Å². The van der Waals surface area contributed by atoms with E-state index < -0.39 is 12.0 Å². The second-order valence-electron chi connectivity index (χ2n) is 5.94. The molecule has 0 aliphatic heterocycles. The van der Waals surface area contributed by atoms with Crippen molar-refractivity contribution in [2.24, 2.45) is 0 Å². The zero-order chi connectivity index (χ0) is 18.4. The Balaban J connectivity index is 1.73. The Morgan fingerprint density at radius 2 is 1.81 bits per heavy atom. The number of carbonyl (C=O) groups is 2. The molecule has 0 aliphatic rings. The van der Waals surface area contributed by atoms with Gasteiger partial charge in [-0.1, -0.05) is 48.5 Å². The van der Waals surface area contributed by atoms with Crippen molar-refractivity contribution in [3.63, 3.8) is 0 Å². The number of fused-ring (bicyclic) bond motifs is 1. The van der Waals surface area contributed by atoms with Gasteiger partial charge < -0.3 is 15.0 Å². The summed E-state index contributed by atoms with van der Waals surface area (Å²) in [4.78, 5) is 27.5. The van der Waals surface area contributed by atoms with Gasteiger partial charge >= 0.3 is 5.97 Å². The quantitative estimate of drug-likeness (QED) is 0.444. The molecule has 0 aliphatic carbocycles. The molecule has 26 heavy (non-hydrogen) atoms. The Hall–Kier alpha value is -2.73. The Morgan fingerprint density at radius 1 is 1.08 bits per heavy atom. The van der Waals surface area contributed by atoms with Gasteiger partial charge in [0.2, 0.25) is 5.91 Å². The number of rotatable bonds is 7. The van der Waals surface area contributed by atoms with E-state index in [4.69, 9.17) is 4.74 Å². The lowest BCUT2D eigenvalue weighted by atomic mass is 10.0. The number of hydrogen-bond donors (Lipinski definition) is 3. The van der Waals surface area contributed by atoms with Gasteiger partial charge in [0.1, 0.15) is 12.6 Å². The summed E-state index contributed by atoms with van der Waals surface area (Å²) in [5, 5.41) is 3.72. The Labute approximate surface area is 157 Å². The van der Waals surface area contributed by atoms with Crippen LogP contribution < -0.4 is 5.32 Å². The van der Waals surface area contributed by atoms with Crippen molar-refractivity contribution in [1.29, 1.82) is 0 Å². The van der Waals surface area contributed by atoms with Gasteiger partial charge in [0.05, 0.1) is 5.75 Å². The molecule has 1 aromatic heterocycles. The summed E-state index contributed by atoms with van der Waals surface area (Å²) >= 11 is 3.97. The molecule has 0 bridgehead atoms. The maximum Gasteiger partial charge on any atom is 0.329 e. The van der Waals surface area contributed by atoms with Crippen molar-refractivity contribution in [3.8, 4) is 0 Å². The molecule has 6 heteroatoms. The van der Waals surface area contributed by atoms with Crippen molar-refractivity contribution < 1.29 is 14.3 Å². The number of thiol groups is 1. The highest BCUT2D eigenvalue weighted by atomic mass is 32.1. The Bertz CT molecular complexity index is 892. The number of hydrogen-bond acceptors (Lipinski definition) is 4. The summed E-state index contributed by atoms with van der Waals surface area (Å²) in [7, 11) is 0. The highest BCUT2D eigenvalue weighted by molar-refractivity contribution is 7.81. The van der Waals surface area contributed by atoms with Gasteiger partial charge in [-0.05, 0) is 17.2 Å². The van der Waals surface area contributed by atoms with Crippen molar-refractivity contribution in [2.75, 3.05) is 5.75 Å². The molecule has 0 spiro atoms. The number of para-hydroxylation sites is 1. The van der Waals surface area contributed by atoms with Crippen LogP contribution in [0.2, 0.25) is 0 Å². The van der Waals surface area contributed by atoms with Gasteiger partial charge in [-0.2, -0.15) is 12.6 Å². The maximum atomic E-state index is 12.6. The molecular weight excluding hydrogens is 348 g/mol. The molecule has 5 nitrogen and oxygen atoms in total. The van der Waals surface area contributed by atoms with Gasteiger partial charge in [-0.15, -0.1) is 0 Å². The average molecular weight is 368 g/mol. The van der Waals surface area contributed by atoms with E-state index in [2.05, 4.69) is 22.9 Å². The first-order valence-corrected chi connectivity index (χ1v) is 8.96. The molecule has 1 heterocycles. The monoisotopic (exact) mass is 368 g/mol. The minimum atomic E-state index is -0.766. The second kappa shape index (κ2) is 8.58. The van der Waals surface area contributed by atoms with Crippen LogP contribution in [-0.4, -0.2) is 28.7 Å². The molecule has 3 aromatic rings. The van der Waals surface area contributed by atoms with Crippen LogP contribution in [0.5, 0.6) is 0 Å². The van der Waals surface area contributed by atoms with Crippen LogP contribution in [0, 0.1) is 0 Å². The summed E-state index contributed by atoms with van der Waals surface area (Å²) in [5.41, 5.74) is 2.83. The lowest BCUT2D eigenvalue weighted by molar-refractivity contribution is -0.148. The topological polar surface area (TPSA) is 71.2 Å². The highest BCUT2D eigenvalue weighted by Crippen LogP contribution is 2.19. The van der Waals surface area contributed by atoms with E-state index in [9.17, 15) is 9.59 Å². The minimum Gasteiger partial charge on any atom is -0.459 e. The number of aromatic nitrogens is 1. The van der Waals surface area contributed by atoms with Crippen LogP contribution in [0.15, 0.2) is 60.8 Å². The summed E-state index contributed by atoms with van der Waals surface area (Å²) in [6, 6.07) is 16.5. The zero-order valence-corrected chi connectivity index (χ0v) is 15.0. The molecule has 2 aromatic carbocycles. The summed E-state index contributed by atoms with van der Waals surface area (Å²) < 4.78 is 5.41. The van der Waals surface area contributed by atoms with Gasteiger partial charge in [0.25, 0.3) is 0 Å². The smallest absolute Gasteiger partial charge is 0.329 e. The van der Waals surface area contributed by atoms with Gasteiger partial charge in [0, 0.05) is 23.5 Å². The number of benzene rings is 2. The van der Waals surface area contributed by atoms with E-state index in [1.165, 1.54) is 0 Å². The van der Waals surface area contributed by atoms with Crippen LogP contribution in [0.1, 0.15) is 11.1 Å². The summed E-state index contributed by atoms with van der Waals surface area (Å²) in [6.07, 6.45) is 2.20. The lowest BCUT2D eigenvalue weighted by Gasteiger charge is -2.17. The first-order valence-electron chi connectivity index (χ1n) is 8.33. The number of amides is 1. The predicted octanol–water partition coefficient (Wildman–Crippen LogP) is 2.87.